The predicted octanol–water partition coefficient (Wildman–Crippen LogP) is 2.04. The molecular formula is C10H10Cl2N2O6S. The van der Waals surface area contributed by atoms with Crippen LogP contribution in [0, 0.1) is 10.1 Å². The highest BCUT2D eigenvalue weighted by Gasteiger charge is 2.30. The van der Waals surface area contributed by atoms with Crippen LogP contribution < -0.4 is 4.72 Å². The van der Waals surface area contributed by atoms with Crippen LogP contribution in [0.1, 0.15) is 13.3 Å². The van der Waals surface area contributed by atoms with Gasteiger partial charge in [-0.1, -0.05) is 30.1 Å². The van der Waals surface area contributed by atoms with E-state index in [1.807, 2.05) is 4.72 Å². The summed E-state index contributed by atoms with van der Waals surface area (Å²) < 4.78 is 26.1. The molecule has 1 aromatic carbocycles. The molecule has 11 heteroatoms. The van der Waals surface area contributed by atoms with Gasteiger partial charge >= 0.3 is 11.7 Å². The summed E-state index contributed by atoms with van der Waals surface area (Å²) in [6.45, 7) is 1.47. The van der Waals surface area contributed by atoms with Gasteiger partial charge < -0.3 is 5.11 Å². The zero-order chi connectivity index (χ0) is 16.4. The van der Waals surface area contributed by atoms with Gasteiger partial charge in [-0.25, -0.2) is 8.42 Å². The zero-order valence-electron chi connectivity index (χ0n) is 10.5. The van der Waals surface area contributed by atoms with E-state index >= 15 is 0 Å². The van der Waals surface area contributed by atoms with Crippen molar-refractivity contribution in [2.45, 2.75) is 24.3 Å². The zero-order valence-corrected chi connectivity index (χ0v) is 12.9. The summed E-state index contributed by atoms with van der Waals surface area (Å²) in [6, 6.07) is 0.594. The summed E-state index contributed by atoms with van der Waals surface area (Å²) in [5.74, 6) is -1.37. The van der Waals surface area contributed by atoms with Crippen LogP contribution in [0.25, 0.3) is 0 Å². The molecule has 1 aromatic rings. The Morgan fingerprint density at radius 1 is 1.48 bits per heavy atom. The standard InChI is InChI=1S/C10H10Cl2N2O6S/c1-2-6(10(15)16)13-21(19,20)7-4-3-5(11)9(8(7)12)14(17)18/h3-4,6,13H,2H2,1H3,(H,15,16). The maximum Gasteiger partial charge on any atom is 0.321 e. The van der Waals surface area contributed by atoms with Crippen molar-refractivity contribution in [3.8, 4) is 0 Å². The molecule has 0 saturated heterocycles. The van der Waals surface area contributed by atoms with Gasteiger partial charge in [0, 0.05) is 0 Å². The molecule has 1 unspecified atom stereocenters. The Hall–Kier alpha value is -1.42. The molecule has 8 nitrogen and oxygen atoms in total. The van der Waals surface area contributed by atoms with E-state index in [2.05, 4.69) is 0 Å². The lowest BCUT2D eigenvalue weighted by atomic mass is 10.2. The minimum atomic E-state index is -4.35. The second kappa shape index (κ2) is 6.56. The number of carboxylic acids is 1. The molecule has 0 radical (unpaired) electrons. The van der Waals surface area contributed by atoms with Crippen LogP contribution >= 0.6 is 23.2 Å². The van der Waals surface area contributed by atoms with Gasteiger partial charge in [-0.3, -0.25) is 14.9 Å². The molecule has 0 aliphatic carbocycles. The molecule has 2 N–H and O–H groups in total. The van der Waals surface area contributed by atoms with Gasteiger partial charge in [0.05, 0.1) is 4.92 Å². The lowest BCUT2D eigenvalue weighted by Crippen LogP contribution is -2.40. The molecule has 1 rings (SSSR count). The molecule has 21 heavy (non-hydrogen) atoms. The topological polar surface area (TPSA) is 127 Å². The minimum Gasteiger partial charge on any atom is -0.480 e. The number of nitro groups is 1. The Labute approximate surface area is 129 Å². The van der Waals surface area contributed by atoms with Crippen molar-refractivity contribution in [1.82, 2.24) is 4.72 Å². The van der Waals surface area contributed by atoms with Crippen molar-refractivity contribution in [2.24, 2.45) is 0 Å². The second-order valence-corrected chi connectivity index (χ2v) is 6.35. The molecule has 0 amide bonds. The molecular weight excluding hydrogens is 347 g/mol. The van der Waals surface area contributed by atoms with Crippen LogP contribution in [0.2, 0.25) is 10.0 Å². The Balaban J connectivity index is 3.36. The van der Waals surface area contributed by atoms with E-state index in [-0.39, 0.29) is 11.4 Å². The van der Waals surface area contributed by atoms with Crippen molar-refractivity contribution < 1.29 is 23.2 Å². The highest BCUT2D eigenvalue weighted by Crippen LogP contribution is 2.37. The molecule has 0 fully saturated rings. The largest absolute Gasteiger partial charge is 0.480 e. The third kappa shape index (κ3) is 3.82. The van der Waals surface area contributed by atoms with Crippen LogP contribution in [0.3, 0.4) is 0 Å². The third-order valence-corrected chi connectivity index (χ3v) is 4.82. The van der Waals surface area contributed by atoms with Gasteiger partial charge in [-0.2, -0.15) is 4.72 Å². The van der Waals surface area contributed by atoms with Gasteiger partial charge in [0.1, 0.15) is 21.0 Å². The Kier molecular flexibility index (Phi) is 5.51. The number of carboxylic acid groups (broad SMARTS) is 1. The number of nitrogens with zero attached hydrogens (tertiary/aromatic N) is 1. The van der Waals surface area contributed by atoms with E-state index in [0.29, 0.717) is 0 Å². The normalized spacial score (nSPS) is 12.9. The van der Waals surface area contributed by atoms with E-state index in [4.69, 9.17) is 28.3 Å². The first-order valence-electron chi connectivity index (χ1n) is 5.49. The number of nitrogens with one attached hydrogen (secondary N) is 1. The number of benzene rings is 1. The van der Waals surface area contributed by atoms with E-state index in [0.717, 1.165) is 12.1 Å². The fourth-order valence-corrected chi connectivity index (χ4v) is 3.62. The first kappa shape index (κ1) is 17.6. The Bertz CT molecular complexity index is 691. The van der Waals surface area contributed by atoms with Gasteiger partial charge in [0.25, 0.3) is 0 Å². The third-order valence-electron chi connectivity index (χ3n) is 2.51. The van der Waals surface area contributed by atoms with Crippen LogP contribution in [0.5, 0.6) is 0 Å². The molecule has 1 atom stereocenters. The first-order valence-corrected chi connectivity index (χ1v) is 7.73. The second-order valence-electron chi connectivity index (χ2n) is 3.89. The fourth-order valence-electron chi connectivity index (χ4n) is 1.46. The fraction of sp³-hybridized carbons (Fsp3) is 0.300. The number of sulfonamides is 1. The van der Waals surface area contributed by atoms with Crippen molar-refractivity contribution in [1.29, 1.82) is 0 Å². The van der Waals surface area contributed by atoms with E-state index in [1.165, 1.54) is 6.92 Å². The van der Waals surface area contributed by atoms with Gasteiger partial charge in [0.15, 0.2) is 0 Å². The number of hydrogen-bond acceptors (Lipinski definition) is 5. The Morgan fingerprint density at radius 2 is 2.05 bits per heavy atom. The summed E-state index contributed by atoms with van der Waals surface area (Å²) in [7, 11) is -4.35. The number of nitro benzene ring substituents is 1. The first-order chi connectivity index (χ1) is 9.61. The molecule has 0 saturated carbocycles. The number of aliphatic carboxylic acids is 1. The van der Waals surface area contributed by atoms with Gasteiger partial charge in [-0.15, -0.1) is 0 Å². The summed E-state index contributed by atoms with van der Waals surface area (Å²) in [5, 5.41) is 18.7. The lowest BCUT2D eigenvalue weighted by Gasteiger charge is -2.13. The average molecular weight is 357 g/mol. The molecule has 0 aromatic heterocycles. The summed E-state index contributed by atoms with van der Waals surface area (Å²) in [6.07, 6.45) is -0.0120. The maximum absolute atomic E-state index is 12.1. The van der Waals surface area contributed by atoms with Crippen molar-refractivity contribution in [3.63, 3.8) is 0 Å². The SMILES string of the molecule is CCC(NS(=O)(=O)c1ccc(Cl)c([N+](=O)[O-])c1Cl)C(=O)O. The number of carbonyl (C=O) groups is 1. The highest BCUT2D eigenvalue weighted by atomic mass is 35.5. The smallest absolute Gasteiger partial charge is 0.321 e. The molecule has 0 spiro atoms. The quantitative estimate of drug-likeness (QED) is 0.593. The highest BCUT2D eigenvalue weighted by molar-refractivity contribution is 7.89. The van der Waals surface area contributed by atoms with Gasteiger partial charge in [0.2, 0.25) is 10.0 Å². The summed E-state index contributed by atoms with van der Waals surface area (Å²) in [5.41, 5.74) is -0.760. The van der Waals surface area contributed by atoms with E-state index < -0.39 is 42.6 Å². The number of halogens is 2. The van der Waals surface area contributed by atoms with Crippen molar-refractivity contribution in [2.75, 3.05) is 0 Å². The molecule has 116 valence electrons. The lowest BCUT2D eigenvalue weighted by molar-refractivity contribution is -0.384. The van der Waals surface area contributed by atoms with Crippen LogP contribution in [-0.4, -0.2) is 30.5 Å². The molecule has 0 aliphatic rings. The minimum absolute atomic E-state index is 0.0120. The average Bonchev–Trinajstić information content (AvgIpc) is 2.34. The molecule has 0 aliphatic heterocycles. The Morgan fingerprint density at radius 3 is 2.48 bits per heavy atom. The number of hydrogen-bond donors (Lipinski definition) is 2. The van der Waals surface area contributed by atoms with Crippen molar-refractivity contribution in [3.05, 3.63) is 32.3 Å². The van der Waals surface area contributed by atoms with E-state index in [9.17, 15) is 23.3 Å². The summed E-state index contributed by atoms with van der Waals surface area (Å²) in [4.78, 5) is 20.2. The number of rotatable bonds is 6. The monoisotopic (exact) mass is 356 g/mol. The van der Waals surface area contributed by atoms with Gasteiger partial charge in [-0.05, 0) is 18.6 Å². The van der Waals surface area contributed by atoms with Crippen LogP contribution in [0.15, 0.2) is 17.0 Å². The van der Waals surface area contributed by atoms with E-state index in [1.54, 1.807) is 0 Å². The van der Waals surface area contributed by atoms with Crippen LogP contribution in [0.4, 0.5) is 5.69 Å². The van der Waals surface area contributed by atoms with Crippen LogP contribution in [-0.2, 0) is 14.8 Å². The maximum atomic E-state index is 12.1. The summed E-state index contributed by atoms with van der Waals surface area (Å²) >= 11 is 11.3. The molecule has 0 bridgehead atoms. The molecule has 0 heterocycles. The predicted molar refractivity (Wildman–Crippen MR) is 75.2 cm³/mol. The van der Waals surface area contributed by atoms with Crippen molar-refractivity contribution >= 4 is 44.9 Å².